The molecule has 0 spiro atoms. The van der Waals surface area contributed by atoms with E-state index in [0.29, 0.717) is 34.0 Å². The van der Waals surface area contributed by atoms with Crippen molar-refractivity contribution in [3.8, 4) is 23.0 Å². The van der Waals surface area contributed by atoms with Gasteiger partial charge in [-0.25, -0.2) is 0 Å². The van der Waals surface area contributed by atoms with E-state index in [1.807, 2.05) is 37.3 Å². The Morgan fingerprint density at radius 2 is 1.65 bits per heavy atom. The van der Waals surface area contributed by atoms with Crippen LogP contribution in [-0.2, 0) is 4.79 Å². The van der Waals surface area contributed by atoms with E-state index in [0.717, 1.165) is 5.56 Å². The minimum absolute atomic E-state index is 0.112. The molecule has 4 rings (SSSR count). The van der Waals surface area contributed by atoms with Gasteiger partial charge in [0.05, 0.1) is 18.5 Å². The van der Waals surface area contributed by atoms with Gasteiger partial charge in [0.2, 0.25) is 11.2 Å². The first kappa shape index (κ1) is 22.9. The van der Waals surface area contributed by atoms with Crippen LogP contribution >= 0.6 is 0 Å². The smallest absolute Gasteiger partial charge is 0.258 e. The number of hydrogen-bond acceptors (Lipinski definition) is 6. The zero-order chi connectivity index (χ0) is 24.1. The number of carbonyl (C=O) groups is 1. The van der Waals surface area contributed by atoms with E-state index in [1.165, 1.54) is 0 Å². The lowest BCUT2D eigenvalue weighted by Gasteiger charge is -2.15. The molecule has 7 heteroatoms. The van der Waals surface area contributed by atoms with Crippen LogP contribution in [0, 0.1) is 6.92 Å². The van der Waals surface area contributed by atoms with E-state index in [9.17, 15) is 9.59 Å². The average molecular weight is 459 g/mol. The maximum atomic E-state index is 13.0. The third-order valence-electron chi connectivity index (χ3n) is 5.31. The lowest BCUT2D eigenvalue weighted by Crippen LogP contribution is -2.31. The molecule has 1 heterocycles. The number of methoxy groups -OCH3 is 1. The zero-order valence-corrected chi connectivity index (χ0v) is 19.2. The molecule has 0 aliphatic rings. The second-order valence-electron chi connectivity index (χ2n) is 7.74. The fourth-order valence-electron chi connectivity index (χ4n) is 3.49. The van der Waals surface area contributed by atoms with Crippen molar-refractivity contribution >= 4 is 16.9 Å². The van der Waals surface area contributed by atoms with Crippen LogP contribution in [0.4, 0.5) is 0 Å². The third-order valence-corrected chi connectivity index (χ3v) is 5.31. The highest BCUT2D eigenvalue weighted by atomic mass is 16.5. The third kappa shape index (κ3) is 5.20. The van der Waals surface area contributed by atoms with Gasteiger partial charge in [-0.05, 0) is 55.8 Å². The summed E-state index contributed by atoms with van der Waals surface area (Å²) in [6.07, 6.45) is 0. The van der Waals surface area contributed by atoms with Crippen LogP contribution in [0.2, 0.25) is 0 Å². The first-order valence-corrected chi connectivity index (χ1v) is 10.8. The molecule has 4 aromatic rings. The van der Waals surface area contributed by atoms with Crippen LogP contribution in [-0.4, -0.2) is 19.6 Å². The lowest BCUT2D eigenvalue weighted by atomic mass is 10.1. The van der Waals surface area contributed by atoms with Crippen molar-refractivity contribution in [3.05, 3.63) is 94.3 Å². The first-order chi connectivity index (χ1) is 16.4. The molecule has 7 nitrogen and oxygen atoms in total. The van der Waals surface area contributed by atoms with E-state index in [4.69, 9.17) is 18.6 Å². The molecule has 1 amide bonds. The van der Waals surface area contributed by atoms with Gasteiger partial charge >= 0.3 is 0 Å². The molecule has 1 N–H and O–H groups in total. The SMILES string of the molecule is COc1ccc(Oc2c(C)oc3cc(OCC(=O)N[C@@H](C)c4ccccc4)ccc3c2=O)cc1. The monoisotopic (exact) mass is 459 g/mol. The summed E-state index contributed by atoms with van der Waals surface area (Å²) < 4.78 is 22.4. The van der Waals surface area contributed by atoms with Crippen LogP contribution in [0.3, 0.4) is 0 Å². The minimum atomic E-state index is -0.296. The Balaban J connectivity index is 1.45. The van der Waals surface area contributed by atoms with Crippen molar-refractivity contribution in [2.45, 2.75) is 19.9 Å². The van der Waals surface area contributed by atoms with Crippen LogP contribution in [0.1, 0.15) is 24.3 Å². The topological polar surface area (TPSA) is 87.0 Å². The molecule has 0 saturated heterocycles. The second-order valence-corrected chi connectivity index (χ2v) is 7.74. The Labute approximate surface area is 196 Å². The number of ether oxygens (including phenoxy) is 3. The minimum Gasteiger partial charge on any atom is -0.497 e. The molecular weight excluding hydrogens is 434 g/mol. The van der Waals surface area contributed by atoms with Gasteiger partial charge < -0.3 is 23.9 Å². The Kier molecular flexibility index (Phi) is 6.82. The molecule has 174 valence electrons. The number of fused-ring (bicyclic) bond motifs is 1. The molecule has 0 bridgehead atoms. The van der Waals surface area contributed by atoms with Crippen LogP contribution < -0.4 is 25.0 Å². The zero-order valence-electron chi connectivity index (χ0n) is 19.2. The number of rotatable bonds is 8. The lowest BCUT2D eigenvalue weighted by molar-refractivity contribution is -0.123. The fourth-order valence-corrected chi connectivity index (χ4v) is 3.49. The summed E-state index contributed by atoms with van der Waals surface area (Å²) in [7, 11) is 1.58. The van der Waals surface area contributed by atoms with Gasteiger partial charge in [-0.1, -0.05) is 30.3 Å². The number of nitrogens with one attached hydrogen (secondary N) is 1. The Morgan fingerprint density at radius 1 is 0.971 bits per heavy atom. The summed E-state index contributed by atoms with van der Waals surface area (Å²) in [6.45, 7) is 3.41. The number of benzene rings is 3. The van der Waals surface area contributed by atoms with E-state index in [1.54, 1.807) is 56.5 Å². The van der Waals surface area contributed by atoms with Gasteiger partial charge in [-0.2, -0.15) is 0 Å². The highest BCUT2D eigenvalue weighted by molar-refractivity contribution is 5.80. The van der Waals surface area contributed by atoms with Crippen molar-refractivity contribution in [2.24, 2.45) is 0 Å². The Hall–Kier alpha value is -4.26. The molecule has 0 unspecified atom stereocenters. The molecular formula is C27H25NO6. The average Bonchev–Trinajstić information content (AvgIpc) is 2.86. The molecule has 0 radical (unpaired) electrons. The van der Waals surface area contributed by atoms with E-state index < -0.39 is 0 Å². The molecule has 1 aromatic heterocycles. The highest BCUT2D eigenvalue weighted by Gasteiger charge is 2.15. The van der Waals surface area contributed by atoms with E-state index in [2.05, 4.69) is 5.32 Å². The summed E-state index contributed by atoms with van der Waals surface area (Å²) >= 11 is 0. The first-order valence-electron chi connectivity index (χ1n) is 10.8. The number of aryl methyl sites for hydroxylation is 1. The number of amides is 1. The Bertz CT molecular complexity index is 1350. The molecule has 0 saturated carbocycles. The van der Waals surface area contributed by atoms with Gasteiger partial charge in [0.25, 0.3) is 5.91 Å². The van der Waals surface area contributed by atoms with E-state index in [-0.39, 0.29) is 29.7 Å². The van der Waals surface area contributed by atoms with Crippen LogP contribution in [0.25, 0.3) is 11.0 Å². The van der Waals surface area contributed by atoms with Crippen LogP contribution in [0.5, 0.6) is 23.0 Å². The molecule has 0 aliphatic heterocycles. The maximum absolute atomic E-state index is 13.0. The highest BCUT2D eigenvalue weighted by Crippen LogP contribution is 2.28. The van der Waals surface area contributed by atoms with Crippen molar-refractivity contribution in [1.29, 1.82) is 0 Å². The molecule has 1 atom stereocenters. The molecule has 0 fully saturated rings. The largest absolute Gasteiger partial charge is 0.497 e. The van der Waals surface area contributed by atoms with Gasteiger partial charge in [0.1, 0.15) is 28.6 Å². The van der Waals surface area contributed by atoms with Gasteiger partial charge in [0.15, 0.2) is 6.61 Å². The van der Waals surface area contributed by atoms with E-state index >= 15 is 0 Å². The Morgan fingerprint density at radius 3 is 2.35 bits per heavy atom. The van der Waals surface area contributed by atoms with Gasteiger partial charge in [-0.15, -0.1) is 0 Å². The predicted octanol–water partition coefficient (Wildman–Crippen LogP) is 5.16. The predicted molar refractivity (Wildman–Crippen MR) is 129 cm³/mol. The second kappa shape index (κ2) is 10.1. The summed E-state index contributed by atoms with van der Waals surface area (Å²) in [4.78, 5) is 25.3. The van der Waals surface area contributed by atoms with Gasteiger partial charge in [-0.3, -0.25) is 9.59 Å². The summed E-state index contributed by atoms with van der Waals surface area (Å²) in [5, 5.41) is 3.25. The van der Waals surface area contributed by atoms with Crippen LogP contribution in [0.15, 0.2) is 82.0 Å². The standard InChI is InChI=1S/C27H25NO6/c1-17(19-7-5-4-6-8-19)28-25(29)16-32-22-13-14-23-24(15-22)33-18(2)27(26(23)30)34-21-11-9-20(31-3)10-12-21/h4-15,17H,16H2,1-3H3,(H,28,29)/t17-/m0/s1. The molecule has 34 heavy (non-hydrogen) atoms. The quantitative estimate of drug-likeness (QED) is 0.392. The summed E-state index contributed by atoms with van der Waals surface area (Å²) in [5.74, 6) is 1.79. The molecule has 0 aliphatic carbocycles. The number of carbonyl (C=O) groups excluding carboxylic acids is 1. The van der Waals surface area contributed by atoms with Crippen molar-refractivity contribution in [1.82, 2.24) is 5.32 Å². The normalized spacial score (nSPS) is 11.6. The summed E-state index contributed by atoms with van der Waals surface area (Å²) in [6, 6.07) is 21.3. The number of hydrogen-bond donors (Lipinski definition) is 1. The maximum Gasteiger partial charge on any atom is 0.258 e. The summed E-state index contributed by atoms with van der Waals surface area (Å²) in [5.41, 5.74) is 1.06. The molecule has 3 aromatic carbocycles. The van der Waals surface area contributed by atoms with Crippen molar-refractivity contribution < 1.29 is 23.4 Å². The van der Waals surface area contributed by atoms with Crippen molar-refractivity contribution in [2.75, 3.05) is 13.7 Å². The van der Waals surface area contributed by atoms with Crippen molar-refractivity contribution in [3.63, 3.8) is 0 Å². The van der Waals surface area contributed by atoms with Gasteiger partial charge in [0, 0.05) is 6.07 Å². The fraction of sp³-hybridized carbons (Fsp3) is 0.185.